The number of amides is 2. The van der Waals surface area contributed by atoms with Crippen LogP contribution in [0.1, 0.15) is 27.2 Å². The summed E-state index contributed by atoms with van der Waals surface area (Å²) in [6, 6.07) is -0.118. The van der Waals surface area contributed by atoms with Crippen molar-refractivity contribution in [1.82, 2.24) is 4.90 Å². The van der Waals surface area contributed by atoms with E-state index in [0.717, 1.165) is 0 Å². The predicted molar refractivity (Wildman–Crippen MR) is 66.8 cm³/mol. The van der Waals surface area contributed by atoms with Crippen LogP contribution in [0.15, 0.2) is 12.2 Å². The number of carbonyl (C=O) groups excluding carboxylic acids is 2. The lowest BCUT2D eigenvalue weighted by atomic mass is 9.97. The topological polar surface area (TPSA) is 46.6 Å². The summed E-state index contributed by atoms with van der Waals surface area (Å²) in [5.74, 6) is -0.316. The van der Waals surface area contributed by atoms with Crippen molar-refractivity contribution in [2.75, 3.05) is 0 Å². The molecule has 1 aliphatic carbocycles. The number of alkyl halides is 1. The second kappa shape index (κ2) is 4.12. The zero-order valence-electron chi connectivity index (χ0n) is 10.1. The van der Waals surface area contributed by atoms with Gasteiger partial charge in [-0.25, -0.2) is 9.69 Å². The van der Waals surface area contributed by atoms with E-state index >= 15 is 0 Å². The molecule has 1 fully saturated rings. The lowest BCUT2D eigenvalue weighted by Crippen LogP contribution is -2.45. The van der Waals surface area contributed by atoms with Gasteiger partial charge in [-0.05, 0) is 27.2 Å². The van der Waals surface area contributed by atoms with Crippen molar-refractivity contribution in [3.05, 3.63) is 12.2 Å². The van der Waals surface area contributed by atoms with Crippen LogP contribution in [0.25, 0.3) is 0 Å². The molecule has 4 nitrogen and oxygen atoms in total. The summed E-state index contributed by atoms with van der Waals surface area (Å²) >= 11 is 3.47. The molecule has 0 radical (unpaired) electrons. The van der Waals surface area contributed by atoms with E-state index in [9.17, 15) is 9.59 Å². The fourth-order valence-corrected chi connectivity index (χ4v) is 2.78. The summed E-state index contributed by atoms with van der Waals surface area (Å²) in [7, 11) is 0. The second-order valence-electron chi connectivity index (χ2n) is 5.43. The third kappa shape index (κ3) is 2.39. The van der Waals surface area contributed by atoms with Crippen LogP contribution in [0, 0.1) is 5.92 Å². The van der Waals surface area contributed by atoms with E-state index in [1.807, 2.05) is 12.2 Å². The van der Waals surface area contributed by atoms with Crippen LogP contribution < -0.4 is 0 Å². The number of halogens is 1. The van der Waals surface area contributed by atoms with Gasteiger partial charge in [-0.2, -0.15) is 0 Å². The van der Waals surface area contributed by atoms with Crippen molar-refractivity contribution in [2.45, 2.75) is 43.7 Å². The van der Waals surface area contributed by atoms with Gasteiger partial charge in [-0.3, -0.25) is 4.79 Å². The van der Waals surface area contributed by atoms with E-state index in [-0.39, 0.29) is 22.7 Å². The lowest BCUT2D eigenvalue weighted by Gasteiger charge is -2.28. The molecule has 1 heterocycles. The van der Waals surface area contributed by atoms with Crippen LogP contribution in [-0.2, 0) is 9.53 Å². The van der Waals surface area contributed by atoms with Gasteiger partial charge in [-0.1, -0.05) is 28.1 Å². The molecular formula is C12H16BrNO3. The van der Waals surface area contributed by atoms with Crippen molar-refractivity contribution >= 4 is 27.9 Å². The summed E-state index contributed by atoms with van der Waals surface area (Å²) in [6.45, 7) is 5.38. The van der Waals surface area contributed by atoms with Crippen LogP contribution in [0.4, 0.5) is 4.79 Å². The standard InChI is InChI=1S/C12H16BrNO3/c1-12(2,3)17-11(16)14-9-6-7(10(14)15)4-5-8(9)13/h4-5,7-9H,6H2,1-3H3/t7-,8?,9-/m0/s1. The normalized spacial score (nSPS) is 31.9. The molecule has 0 aromatic rings. The van der Waals surface area contributed by atoms with Crippen LogP contribution in [0.5, 0.6) is 0 Å². The second-order valence-corrected chi connectivity index (χ2v) is 6.48. The summed E-state index contributed by atoms with van der Waals surface area (Å²) in [6.07, 6.45) is 3.94. The molecule has 17 heavy (non-hydrogen) atoms. The minimum Gasteiger partial charge on any atom is -0.443 e. The molecule has 0 N–H and O–H groups in total. The molecule has 2 rings (SSSR count). The summed E-state index contributed by atoms with van der Waals surface area (Å²) in [5, 5.41) is 0. The van der Waals surface area contributed by atoms with Crippen LogP contribution >= 0.6 is 15.9 Å². The monoisotopic (exact) mass is 301 g/mol. The van der Waals surface area contributed by atoms with Crippen LogP contribution in [0.2, 0.25) is 0 Å². The molecule has 2 bridgehead atoms. The number of ether oxygens (including phenoxy) is 1. The molecule has 1 aliphatic heterocycles. The largest absolute Gasteiger partial charge is 0.443 e. The number of fused-ring (bicyclic) bond motifs is 2. The average Bonchev–Trinajstić information content (AvgIpc) is 2.44. The van der Waals surface area contributed by atoms with Crippen molar-refractivity contribution in [3.8, 4) is 0 Å². The maximum Gasteiger partial charge on any atom is 0.417 e. The number of likely N-dealkylation sites (tertiary alicyclic amines) is 1. The Morgan fingerprint density at radius 2 is 2.12 bits per heavy atom. The van der Waals surface area contributed by atoms with Gasteiger partial charge in [0.15, 0.2) is 0 Å². The molecule has 1 saturated heterocycles. The number of hydrogen-bond acceptors (Lipinski definition) is 3. The van der Waals surface area contributed by atoms with Gasteiger partial charge in [-0.15, -0.1) is 0 Å². The Kier molecular flexibility index (Phi) is 3.06. The van der Waals surface area contributed by atoms with Crippen LogP contribution in [0.3, 0.4) is 0 Å². The van der Waals surface area contributed by atoms with Crippen molar-refractivity contribution in [1.29, 1.82) is 0 Å². The Morgan fingerprint density at radius 3 is 2.71 bits per heavy atom. The van der Waals surface area contributed by atoms with Gasteiger partial charge in [0.25, 0.3) is 0 Å². The van der Waals surface area contributed by atoms with Gasteiger partial charge in [0.2, 0.25) is 5.91 Å². The fraction of sp³-hybridized carbons (Fsp3) is 0.667. The minimum atomic E-state index is -0.580. The Balaban J connectivity index is 2.17. The van der Waals surface area contributed by atoms with Crippen molar-refractivity contribution in [3.63, 3.8) is 0 Å². The highest BCUT2D eigenvalue weighted by Crippen LogP contribution is 2.36. The zero-order chi connectivity index (χ0) is 12.8. The Morgan fingerprint density at radius 1 is 1.47 bits per heavy atom. The van der Waals surface area contributed by atoms with Gasteiger partial charge in [0, 0.05) is 0 Å². The number of carbonyl (C=O) groups is 2. The first-order chi connectivity index (χ1) is 7.79. The number of hydrogen-bond donors (Lipinski definition) is 0. The smallest absolute Gasteiger partial charge is 0.417 e. The van der Waals surface area contributed by atoms with Gasteiger partial charge >= 0.3 is 6.09 Å². The Bertz CT molecular complexity index is 386. The first-order valence-corrected chi connectivity index (χ1v) is 6.59. The van der Waals surface area contributed by atoms with Crippen molar-refractivity contribution in [2.24, 2.45) is 5.92 Å². The highest BCUT2D eigenvalue weighted by Gasteiger charge is 2.48. The van der Waals surface area contributed by atoms with E-state index in [4.69, 9.17) is 4.74 Å². The summed E-state index contributed by atoms with van der Waals surface area (Å²) in [5.41, 5.74) is -0.580. The van der Waals surface area contributed by atoms with E-state index in [2.05, 4.69) is 15.9 Å². The minimum absolute atomic E-state index is 0.0257. The molecule has 1 unspecified atom stereocenters. The molecule has 94 valence electrons. The lowest BCUT2D eigenvalue weighted by molar-refractivity contribution is -0.129. The third-order valence-electron chi connectivity index (χ3n) is 2.87. The van der Waals surface area contributed by atoms with Crippen LogP contribution in [-0.4, -0.2) is 33.4 Å². The molecule has 0 saturated carbocycles. The van der Waals surface area contributed by atoms with Gasteiger partial charge in [0.1, 0.15) is 5.60 Å². The molecule has 3 atom stereocenters. The molecular weight excluding hydrogens is 286 g/mol. The van der Waals surface area contributed by atoms with E-state index < -0.39 is 11.7 Å². The average molecular weight is 302 g/mol. The zero-order valence-corrected chi connectivity index (χ0v) is 11.7. The molecule has 0 aromatic carbocycles. The molecule has 0 spiro atoms. The first kappa shape index (κ1) is 12.6. The maximum absolute atomic E-state index is 12.0. The molecule has 0 aromatic heterocycles. The fourth-order valence-electron chi connectivity index (χ4n) is 2.15. The number of imide groups is 1. The predicted octanol–water partition coefficient (Wildman–Crippen LogP) is 2.47. The van der Waals surface area contributed by atoms with E-state index in [1.54, 1.807) is 20.8 Å². The van der Waals surface area contributed by atoms with E-state index in [1.165, 1.54) is 4.90 Å². The maximum atomic E-state index is 12.0. The molecule has 2 amide bonds. The van der Waals surface area contributed by atoms with Gasteiger partial charge in [0.05, 0.1) is 16.8 Å². The highest BCUT2D eigenvalue weighted by molar-refractivity contribution is 9.09. The SMILES string of the molecule is CC(C)(C)OC(=O)N1C(=O)[C@H]2C=CC(Br)[C@@H]1C2. The molecule has 5 heteroatoms. The van der Waals surface area contributed by atoms with Crippen molar-refractivity contribution < 1.29 is 14.3 Å². The number of rotatable bonds is 0. The molecule has 2 aliphatic rings. The third-order valence-corrected chi connectivity index (χ3v) is 3.78. The number of nitrogens with zero attached hydrogens (tertiary/aromatic N) is 1. The summed E-state index contributed by atoms with van der Waals surface area (Å²) < 4.78 is 5.27. The quantitative estimate of drug-likeness (QED) is 0.510. The Hall–Kier alpha value is -0.840. The Labute approximate surface area is 109 Å². The van der Waals surface area contributed by atoms with E-state index in [0.29, 0.717) is 6.42 Å². The summed E-state index contributed by atoms with van der Waals surface area (Å²) in [4.78, 5) is 25.3. The highest BCUT2D eigenvalue weighted by atomic mass is 79.9. The first-order valence-electron chi connectivity index (χ1n) is 5.68. The van der Waals surface area contributed by atoms with Gasteiger partial charge < -0.3 is 4.74 Å².